The van der Waals surface area contributed by atoms with Gasteiger partial charge in [0.25, 0.3) is 0 Å². The fraction of sp³-hybridized carbons (Fsp3) is 0.500. The molecule has 21 heavy (non-hydrogen) atoms. The number of hydrogen-bond donors (Lipinski definition) is 3. The second-order valence-corrected chi connectivity index (χ2v) is 6.08. The van der Waals surface area contributed by atoms with Crippen LogP contribution in [0.5, 0.6) is 0 Å². The lowest BCUT2D eigenvalue weighted by molar-refractivity contribution is -0.123. The quantitative estimate of drug-likeness (QED) is 0.781. The molecule has 0 aliphatic heterocycles. The number of carbonyl (C=O) groups is 2. The summed E-state index contributed by atoms with van der Waals surface area (Å²) in [5, 5.41) is 8.84. The summed E-state index contributed by atoms with van der Waals surface area (Å²) in [6, 6.07) is 6.97. The lowest BCUT2D eigenvalue weighted by Gasteiger charge is -2.24. The molecular formula is C16H25N3O2. The predicted molar refractivity (Wildman–Crippen MR) is 86.3 cm³/mol. The monoisotopic (exact) mass is 291 g/mol. The molecule has 0 aromatic heterocycles. The van der Waals surface area contributed by atoms with Crippen LogP contribution in [0, 0.1) is 0 Å². The highest BCUT2D eigenvalue weighted by atomic mass is 16.2. The van der Waals surface area contributed by atoms with Crippen LogP contribution >= 0.6 is 0 Å². The summed E-state index contributed by atoms with van der Waals surface area (Å²) in [6.45, 7) is 9.46. The first kappa shape index (κ1) is 17.0. The van der Waals surface area contributed by atoms with Gasteiger partial charge in [0, 0.05) is 23.3 Å². The first-order chi connectivity index (χ1) is 9.71. The normalized spacial score (nSPS) is 12.4. The van der Waals surface area contributed by atoms with E-state index in [0.717, 1.165) is 11.4 Å². The lowest BCUT2D eigenvalue weighted by atomic mass is 10.1. The Kier molecular flexibility index (Phi) is 5.76. The molecule has 3 N–H and O–H groups in total. The van der Waals surface area contributed by atoms with E-state index in [1.807, 2.05) is 52.0 Å². The van der Waals surface area contributed by atoms with Gasteiger partial charge < -0.3 is 16.0 Å². The summed E-state index contributed by atoms with van der Waals surface area (Å²) in [7, 11) is 0. The zero-order valence-electron chi connectivity index (χ0n) is 13.4. The molecule has 0 heterocycles. The first-order valence-corrected chi connectivity index (χ1v) is 7.19. The van der Waals surface area contributed by atoms with Gasteiger partial charge >= 0.3 is 0 Å². The van der Waals surface area contributed by atoms with Gasteiger partial charge in [-0.3, -0.25) is 9.59 Å². The van der Waals surface area contributed by atoms with Gasteiger partial charge in [-0.25, -0.2) is 0 Å². The van der Waals surface area contributed by atoms with E-state index in [-0.39, 0.29) is 23.4 Å². The number of nitrogens with one attached hydrogen (secondary N) is 3. The number of anilines is 2. The van der Waals surface area contributed by atoms with E-state index in [9.17, 15) is 9.59 Å². The molecule has 1 rings (SSSR count). The molecule has 0 aliphatic carbocycles. The van der Waals surface area contributed by atoms with E-state index < -0.39 is 0 Å². The van der Waals surface area contributed by atoms with E-state index in [2.05, 4.69) is 16.0 Å². The fourth-order valence-corrected chi connectivity index (χ4v) is 1.69. The summed E-state index contributed by atoms with van der Waals surface area (Å²) >= 11 is 0. The Bertz CT molecular complexity index is 489. The smallest absolute Gasteiger partial charge is 0.242 e. The van der Waals surface area contributed by atoms with Crippen LogP contribution in [0.1, 0.15) is 41.0 Å². The predicted octanol–water partition coefficient (Wildman–Crippen LogP) is 2.75. The van der Waals surface area contributed by atoms with Crippen molar-refractivity contribution in [1.29, 1.82) is 0 Å². The highest BCUT2D eigenvalue weighted by molar-refractivity contribution is 5.90. The van der Waals surface area contributed by atoms with Crippen LogP contribution in [0.25, 0.3) is 0 Å². The summed E-state index contributed by atoms with van der Waals surface area (Å²) in [5.74, 6) is -0.0699. The maximum absolute atomic E-state index is 12.0. The molecule has 5 nitrogen and oxygen atoms in total. The lowest BCUT2D eigenvalue weighted by Crippen LogP contribution is -2.47. The molecule has 5 heteroatoms. The van der Waals surface area contributed by atoms with Gasteiger partial charge in [0.15, 0.2) is 0 Å². The second-order valence-electron chi connectivity index (χ2n) is 6.08. The van der Waals surface area contributed by atoms with Crippen LogP contribution in [-0.4, -0.2) is 23.4 Å². The van der Waals surface area contributed by atoms with Crippen LogP contribution < -0.4 is 16.0 Å². The van der Waals surface area contributed by atoms with E-state index in [1.165, 1.54) is 0 Å². The molecule has 1 atom stereocenters. The zero-order valence-corrected chi connectivity index (χ0v) is 13.4. The minimum atomic E-state index is -0.333. The van der Waals surface area contributed by atoms with Crippen molar-refractivity contribution < 1.29 is 9.59 Å². The third-order valence-corrected chi connectivity index (χ3v) is 2.76. The molecule has 1 unspecified atom stereocenters. The molecule has 2 amide bonds. The van der Waals surface area contributed by atoms with Crippen molar-refractivity contribution in [1.82, 2.24) is 5.32 Å². The van der Waals surface area contributed by atoms with Crippen molar-refractivity contribution in [2.24, 2.45) is 0 Å². The third-order valence-electron chi connectivity index (χ3n) is 2.76. The molecule has 0 saturated heterocycles. The van der Waals surface area contributed by atoms with Crippen molar-refractivity contribution >= 4 is 23.2 Å². The molecule has 0 aliphatic rings. The molecule has 1 aromatic rings. The SMILES string of the molecule is CCC(=O)Nc1ccc(NC(C)C(=O)NC(C)(C)C)cc1. The van der Waals surface area contributed by atoms with Crippen LogP contribution in [0.4, 0.5) is 11.4 Å². The molecule has 0 radical (unpaired) electrons. The Morgan fingerprint density at radius 2 is 1.62 bits per heavy atom. The average Bonchev–Trinajstić information content (AvgIpc) is 2.38. The Morgan fingerprint density at radius 1 is 1.10 bits per heavy atom. The van der Waals surface area contributed by atoms with E-state index >= 15 is 0 Å². The summed E-state index contributed by atoms with van der Waals surface area (Å²) in [5.41, 5.74) is 1.33. The van der Waals surface area contributed by atoms with Gasteiger partial charge in [-0.15, -0.1) is 0 Å². The van der Waals surface area contributed by atoms with Crippen LogP contribution in [-0.2, 0) is 9.59 Å². The van der Waals surface area contributed by atoms with Gasteiger partial charge in [0.05, 0.1) is 0 Å². The van der Waals surface area contributed by atoms with Gasteiger partial charge in [0.2, 0.25) is 11.8 Å². The van der Waals surface area contributed by atoms with Crippen molar-refractivity contribution in [3.05, 3.63) is 24.3 Å². The number of hydrogen-bond acceptors (Lipinski definition) is 3. The van der Waals surface area contributed by atoms with Gasteiger partial charge in [-0.2, -0.15) is 0 Å². The standard InChI is InChI=1S/C16H25N3O2/c1-6-14(20)18-13-9-7-12(8-10-13)17-11(2)15(21)19-16(3,4)5/h7-11,17H,6H2,1-5H3,(H,18,20)(H,19,21). The molecule has 0 spiro atoms. The molecule has 1 aromatic carbocycles. The third kappa shape index (κ3) is 6.29. The van der Waals surface area contributed by atoms with Gasteiger partial charge in [-0.05, 0) is 52.0 Å². The first-order valence-electron chi connectivity index (χ1n) is 7.19. The topological polar surface area (TPSA) is 70.2 Å². The molecule has 0 bridgehead atoms. The highest BCUT2D eigenvalue weighted by Crippen LogP contribution is 2.15. The fourth-order valence-electron chi connectivity index (χ4n) is 1.69. The highest BCUT2D eigenvalue weighted by Gasteiger charge is 2.18. The molecular weight excluding hydrogens is 266 g/mol. The number of benzene rings is 1. The Hall–Kier alpha value is -2.04. The van der Waals surface area contributed by atoms with Crippen LogP contribution in [0.3, 0.4) is 0 Å². The average molecular weight is 291 g/mol. The minimum absolute atomic E-state index is 0.0198. The maximum Gasteiger partial charge on any atom is 0.242 e. The minimum Gasteiger partial charge on any atom is -0.374 e. The van der Waals surface area contributed by atoms with Crippen molar-refractivity contribution in [3.63, 3.8) is 0 Å². The van der Waals surface area contributed by atoms with E-state index in [1.54, 1.807) is 6.92 Å². The summed E-state index contributed by atoms with van der Waals surface area (Å²) in [4.78, 5) is 23.3. The number of amides is 2. The van der Waals surface area contributed by atoms with Crippen molar-refractivity contribution in [2.45, 2.75) is 52.6 Å². The van der Waals surface area contributed by atoms with Gasteiger partial charge in [0.1, 0.15) is 6.04 Å². The maximum atomic E-state index is 12.0. The largest absolute Gasteiger partial charge is 0.374 e. The van der Waals surface area contributed by atoms with Crippen LogP contribution in [0.15, 0.2) is 24.3 Å². The Balaban J connectivity index is 2.59. The van der Waals surface area contributed by atoms with Crippen molar-refractivity contribution in [2.75, 3.05) is 10.6 Å². The molecule has 0 saturated carbocycles. The Morgan fingerprint density at radius 3 is 2.10 bits per heavy atom. The summed E-state index contributed by atoms with van der Waals surface area (Å²) < 4.78 is 0. The number of carbonyl (C=O) groups excluding carboxylic acids is 2. The number of rotatable bonds is 5. The van der Waals surface area contributed by atoms with Crippen molar-refractivity contribution in [3.8, 4) is 0 Å². The van der Waals surface area contributed by atoms with Gasteiger partial charge in [-0.1, -0.05) is 6.92 Å². The Labute approximate surface area is 126 Å². The summed E-state index contributed by atoms with van der Waals surface area (Å²) in [6.07, 6.45) is 0.448. The van der Waals surface area contributed by atoms with E-state index in [4.69, 9.17) is 0 Å². The van der Waals surface area contributed by atoms with Crippen LogP contribution in [0.2, 0.25) is 0 Å². The van der Waals surface area contributed by atoms with E-state index in [0.29, 0.717) is 6.42 Å². The molecule has 0 fully saturated rings. The second kappa shape index (κ2) is 7.11. The molecule has 116 valence electrons. The zero-order chi connectivity index (χ0) is 16.0.